The van der Waals surface area contributed by atoms with E-state index < -0.39 is 0 Å². The maximum atomic E-state index is 13.0. The molecule has 8 heteroatoms. The fourth-order valence-electron chi connectivity index (χ4n) is 4.41. The number of carbonyl (C=O) groups is 1. The topological polar surface area (TPSA) is 85.8 Å². The molecule has 3 aromatic rings. The quantitative estimate of drug-likeness (QED) is 0.476. The Balaban J connectivity index is 1.34. The molecule has 0 radical (unpaired) electrons. The summed E-state index contributed by atoms with van der Waals surface area (Å²) in [4.78, 5) is 23.9. The number of aryl methyl sites for hydroxylation is 1. The molecule has 2 heterocycles. The van der Waals surface area contributed by atoms with Crippen molar-refractivity contribution in [3.05, 3.63) is 65.5 Å². The molecule has 1 saturated heterocycles. The van der Waals surface area contributed by atoms with Crippen LogP contribution >= 0.6 is 0 Å². The predicted octanol–water partition coefficient (Wildman–Crippen LogP) is 5.00. The van der Waals surface area contributed by atoms with Crippen LogP contribution < -0.4 is 24.4 Å². The fourth-order valence-corrected chi connectivity index (χ4v) is 4.41. The van der Waals surface area contributed by atoms with Gasteiger partial charge in [-0.15, -0.1) is 0 Å². The lowest BCUT2D eigenvalue weighted by molar-refractivity contribution is -0.126. The second-order valence-electron chi connectivity index (χ2n) is 9.12. The Hall–Kier alpha value is -3.81. The number of nitrogens with zero attached hydrogens (tertiary/aromatic N) is 3. The highest BCUT2D eigenvalue weighted by Gasteiger charge is 2.27. The number of amides is 1. The number of hydrogen-bond donors (Lipinski definition) is 1. The van der Waals surface area contributed by atoms with Crippen LogP contribution in [0.4, 0.5) is 5.82 Å². The zero-order valence-electron chi connectivity index (χ0n) is 21.6. The van der Waals surface area contributed by atoms with Crippen LogP contribution in [-0.2, 0) is 4.79 Å². The van der Waals surface area contributed by atoms with Crippen LogP contribution in [0.1, 0.15) is 42.5 Å². The van der Waals surface area contributed by atoms with Gasteiger partial charge in [0.25, 0.3) is 0 Å². The number of nitrogens with one attached hydrogen (secondary N) is 1. The van der Waals surface area contributed by atoms with E-state index in [9.17, 15) is 4.79 Å². The van der Waals surface area contributed by atoms with Crippen molar-refractivity contribution in [3.8, 4) is 23.1 Å². The van der Waals surface area contributed by atoms with Crippen molar-refractivity contribution < 1.29 is 19.0 Å². The first-order chi connectivity index (χ1) is 17.4. The third kappa shape index (κ3) is 5.70. The van der Waals surface area contributed by atoms with E-state index in [1.807, 2.05) is 50.2 Å². The average molecular weight is 491 g/mol. The Labute approximate surface area is 212 Å². The van der Waals surface area contributed by atoms with Gasteiger partial charge in [0.15, 0.2) is 11.5 Å². The van der Waals surface area contributed by atoms with Gasteiger partial charge in [-0.25, -0.2) is 9.97 Å². The third-order valence-electron chi connectivity index (χ3n) is 6.85. The van der Waals surface area contributed by atoms with E-state index in [0.717, 1.165) is 48.6 Å². The first-order valence-corrected chi connectivity index (χ1v) is 12.2. The summed E-state index contributed by atoms with van der Waals surface area (Å²) in [5, 5.41) is 3.16. The Morgan fingerprint density at radius 1 is 1.00 bits per heavy atom. The summed E-state index contributed by atoms with van der Waals surface area (Å²) in [5.74, 6) is 3.45. The normalized spacial score (nSPS) is 14.8. The molecule has 1 fully saturated rings. The van der Waals surface area contributed by atoms with E-state index >= 15 is 0 Å². The number of hydrogen-bond acceptors (Lipinski definition) is 7. The van der Waals surface area contributed by atoms with Gasteiger partial charge in [0.1, 0.15) is 17.9 Å². The van der Waals surface area contributed by atoms with Crippen LogP contribution in [-0.4, -0.2) is 43.2 Å². The first kappa shape index (κ1) is 25.3. The molecule has 1 aromatic heterocycles. The zero-order valence-corrected chi connectivity index (χ0v) is 21.6. The molecule has 0 bridgehead atoms. The highest BCUT2D eigenvalue weighted by molar-refractivity contribution is 5.79. The van der Waals surface area contributed by atoms with Crippen molar-refractivity contribution >= 4 is 11.7 Å². The standard InChI is InChI=1S/C28H34N4O4/c1-18-7-6-8-23(19(18)2)36-27-16-26(29-17-30-27)32-13-11-21(12-14-32)28(33)31-20(3)22-9-10-24(34-4)25(15-22)35-5/h6-10,15-17,20-21H,11-14H2,1-5H3,(H,31,33)/t20-/m0/s1. The van der Waals surface area contributed by atoms with Crippen LogP contribution in [0.2, 0.25) is 0 Å². The summed E-state index contributed by atoms with van der Waals surface area (Å²) in [6.45, 7) is 7.55. The highest BCUT2D eigenvalue weighted by atomic mass is 16.5. The molecule has 4 rings (SSSR count). The molecule has 8 nitrogen and oxygen atoms in total. The lowest BCUT2D eigenvalue weighted by Gasteiger charge is -2.32. The van der Waals surface area contributed by atoms with E-state index in [4.69, 9.17) is 14.2 Å². The van der Waals surface area contributed by atoms with Crippen LogP contribution in [0.25, 0.3) is 0 Å². The van der Waals surface area contributed by atoms with Crippen molar-refractivity contribution in [2.45, 2.75) is 39.7 Å². The summed E-state index contributed by atoms with van der Waals surface area (Å²) in [5.41, 5.74) is 3.23. The molecule has 0 saturated carbocycles. The van der Waals surface area contributed by atoms with Crippen LogP contribution in [0.15, 0.2) is 48.8 Å². The van der Waals surface area contributed by atoms with Crippen LogP contribution in [0.5, 0.6) is 23.1 Å². The minimum Gasteiger partial charge on any atom is -0.493 e. The van der Waals surface area contributed by atoms with Gasteiger partial charge in [-0.3, -0.25) is 4.79 Å². The van der Waals surface area contributed by atoms with Crippen molar-refractivity contribution in [3.63, 3.8) is 0 Å². The van der Waals surface area contributed by atoms with Crippen molar-refractivity contribution in [2.75, 3.05) is 32.2 Å². The molecule has 0 aliphatic carbocycles. The smallest absolute Gasteiger partial charge is 0.224 e. The van der Waals surface area contributed by atoms with Gasteiger partial charge in [-0.05, 0) is 68.5 Å². The number of methoxy groups -OCH3 is 2. The van der Waals surface area contributed by atoms with E-state index in [1.54, 1.807) is 14.2 Å². The maximum Gasteiger partial charge on any atom is 0.224 e. The van der Waals surface area contributed by atoms with Gasteiger partial charge < -0.3 is 24.4 Å². The molecule has 36 heavy (non-hydrogen) atoms. The third-order valence-corrected chi connectivity index (χ3v) is 6.85. The fraction of sp³-hybridized carbons (Fsp3) is 0.393. The van der Waals surface area contributed by atoms with Crippen LogP contribution in [0.3, 0.4) is 0 Å². The monoisotopic (exact) mass is 490 g/mol. The van der Waals surface area contributed by atoms with E-state index in [0.29, 0.717) is 17.4 Å². The van der Waals surface area contributed by atoms with Gasteiger partial charge in [0.2, 0.25) is 11.8 Å². The first-order valence-electron chi connectivity index (χ1n) is 12.2. The Kier molecular flexibility index (Phi) is 7.93. The van der Waals surface area contributed by atoms with Gasteiger partial charge in [0, 0.05) is 25.1 Å². The summed E-state index contributed by atoms with van der Waals surface area (Å²) in [6, 6.07) is 13.4. The Morgan fingerprint density at radius 2 is 1.75 bits per heavy atom. The Bertz CT molecular complexity index is 1210. The van der Waals surface area contributed by atoms with Gasteiger partial charge in [-0.1, -0.05) is 18.2 Å². The lowest BCUT2D eigenvalue weighted by Crippen LogP contribution is -2.41. The maximum absolute atomic E-state index is 13.0. The molecular weight excluding hydrogens is 456 g/mol. The summed E-state index contributed by atoms with van der Waals surface area (Å²) < 4.78 is 16.7. The van der Waals surface area contributed by atoms with Gasteiger partial charge >= 0.3 is 0 Å². The highest BCUT2D eigenvalue weighted by Crippen LogP contribution is 2.31. The average Bonchev–Trinajstić information content (AvgIpc) is 2.91. The van der Waals surface area contributed by atoms with E-state index in [1.165, 1.54) is 11.9 Å². The molecule has 2 aromatic carbocycles. The summed E-state index contributed by atoms with van der Waals surface area (Å²) in [6.07, 6.45) is 3.03. The Morgan fingerprint density at radius 3 is 2.47 bits per heavy atom. The largest absolute Gasteiger partial charge is 0.493 e. The second kappa shape index (κ2) is 11.3. The molecule has 1 amide bonds. The van der Waals surface area contributed by atoms with Crippen molar-refractivity contribution in [1.29, 1.82) is 0 Å². The molecule has 0 unspecified atom stereocenters. The number of benzene rings is 2. The summed E-state index contributed by atoms with van der Waals surface area (Å²) in [7, 11) is 3.21. The molecule has 1 aliphatic rings. The zero-order chi connectivity index (χ0) is 25.7. The molecular formula is C28H34N4O4. The minimum atomic E-state index is -0.137. The number of ether oxygens (including phenoxy) is 3. The SMILES string of the molecule is COc1ccc([C@H](C)NC(=O)C2CCN(c3cc(Oc4cccc(C)c4C)ncn3)CC2)cc1OC. The number of carbonyl (C=O) groups excluding carboxylic acids is 1. The lowest BCUT2D eigenvalue weighted by atomic mass is 9.95. The van der Waals surface area contributed by atoms with E-state index in [-0.39, 0.29) is 17.9 Å². The minimum absolute atomic E-state index is 0.0451. The van der Waals surface area contributed by atoms with Gasteiger partial charge in [-0.2, -0.15) is 0 Å². The molecule has 0 spiro atoms. The molecule has 1 N–H and O–H groups in total. The predicted molar refractivity (Wildman–Crippen MR) is 139 cm³/mol. The van der Waals surface area contributed by atoms with Crippen LogP contribution in [0, 0.1) is 19.8 Å². The summed E-state index contributed by atoms with van der Waals surface area (Å²) >= 11 is 0. The van der Waals surface area contributed by atoms with Crippen molar-refractivity contribution in [1.82, 2.24) is 15.3 Å². The number of anilines is 1. The second-order valence-corrected chi connectivity index (χ2v) is 9.12. The number of rotatable bonds is 8. The number of piperidine rings is 1. The molecule has 1 aliphatic heterocycles. The molecule has 1 atom stereocenters. The van der Waals surface area contributed by atoms with Gasteiger partial charge in [0.05, 0.1) is 20.3 Å². The molecule has 190 valence electrons. The van der Waals surface area contributed by atoms with Crippen molar-refractivity contribution in [2.24, 2.45) is 5.92 Å². The van der Waals surface area contributed by atoms with E-state index in [2.05, 4.69) is 33.2 Å². The number of aromatic nitrogens is 2.